The maximum Gasteiger partial charge on any atom is -0.00169 e. The second kappa shape index (κ2) is 4.36. The molecular weight excluding hydrogens is 182 g/mol. The minimum atomic E-state index is 0.853. The summed E-state index contributed by atoms with van der Waals surface area (Å²) in [6, 6.07) is 4.70. The van der Waals surface area contributed by atoms with Crippen LogP contribution in [0, 0.1) is 26.7 Å². The Balaban J connectivity index is 2.16. The second-order valence-electron chi connectivity index (χ2n) is 4.93. The number of aryl methyl sites for hydroxylation is 3. The van der Waals surface area contributed by atoms with Crippen molar-refractivity contribution in [2.24, 2.45) is 5.92 Å². The fourth-order valence-electron chi connectivity index (χ4n) is 2.44. The van der Waals surface area contributed by atoms with Crippen LogP contribution in [-0.4, -0.2) is 13.1 Å². The normalized spacial score (nSPS) is 20.9. The van der Waals surface area contributed by atoms with Gasteiger partial charge in [-0.15, -0.1) is 0 Å². The highest BCUT2D eigenvalue weighted by molar-refractivity contribution is 5.36. The highest BCUT2D eigenvalue weighted by Crippen LogP contribution is 2.21. The lowest BCUT2D eigenvalue weighted by atomic mass is 9.92. The zero-order valence-corrected chi connectivity index (χ0v) is 10.1. The molecule has 1 aromatic carbocycles. The van der Waals surface area contributed by atoms with E-state index in [1.54, 1.807) is 5.56 Å². The van der Waals surface area contributed by atoms with Crippen LogP contribution in [0.3, 0.4) is 0 Å². The Bertz CT molecular complexity index is 349. The van der Waals surface area contributed by atoms with Crippen molar-refractivity contribution in [3.8, 4) is 0 Å². The molecule has 1 fully saturated rings. The summed E-state index contributed by atoms with van der Waals surface area (Å²) >= 11 is 0. The van der Waals surface area contributed by atoms with Gasteiger partial charge in [0.1, 0.15) is 0 Å². The first-order valence-electron chi connectivity index (χ1n) is 5.94. The van der Waals surface area contributed by atoms with E-state index in [0.29, 0.717) is 0 Å². The fourth-order valence-corrected chi connectivity index (χ4v) is 2.44. The van der Waals surface area contributed by atoms with Crippen molar-refractivity contribution < 1.29 is 0 Å². The Hall–Kier alpha value is -0.820. The predicted molar refractivity (Wildman–Crippen MR) is 65.3 cm³/mol. The van der Waals surface area contributed by atoms with Crippen molar-refractivity contribution in [1.82, 2.24) is 5.32 Å². The van der Waals surface area contributed by atoms with E-state index in [1.165, 1.54) is 42.6 Å². The number of nitrogens with one attached hydrogen (secondary N) is 1. The molecule has 0 aromatic heterocycles. The minimum absolute atomic E-state index is 0.853. The molecule has 1 aromatic rings. The zero-order chi connectivity index (χ0) is 10.8. The van der Waals surface area contributed by atoms with Gasteiger partial charge in [0.05, 0.1) is 0 Å². The first-order valence-corrected chi connectivity index (χ1v) is 5.94. The largest absolute Gasteiger partial charge is 0.316 e. The fraction of sp³-hybridized carbons (Fsp3) is 0.571. The van der Waals surface area contributed by atoms with Crippen LogP contribution in [0.2, 0.25) is 0 Å². The van der Waals surface area contributed by atoms with Gasteiger partial charge >= 0.3 is 0 Å². The molecule has 0 saturated carbocycles. The Labute approximate surface area is 92.9 Å². The molecule has 0 aliphatic carbocycles. The topological polar surface area (TPSA) is 12.0 Å². The summed E-state index contributed by atoms with van der Waals surface area (Å²) in [5.74, 6) is 0.853. The lowest BCUT2D eigenvalue weighted by molar-refractivity contribution is 0.578. The molecule has 1 heterocycles. The van der Waals surface area contributed by atoms with E-state index in [-0.39, 0.29) is 0 Å². The summed E-state index contributed by atoms with van der Waals surface area (Å²) in [6.07, 6.45) is 2.59. The number of rotatable bonds is 2. The zero-order valence-electron chi connectivity index (χ0n) is 10.1. The lowest BCUT2D eigenvalue weighted by Gasteiger charge is -2.13. The Morgan fingerprint density at radius 3 is 2.53 bits per heavy atom. The number of hydrogen-bond donors (Lipinski definition) is 1. The van der Waals surface area contributed by atoms with Gasteiger partial charge in [-0.1, -0.05) is 12.1 Å². The van der Waals surface area contributed by atoms with Gasteiger partial charge in [0, 0.05) is 0 Å². The summed E-state index contributed by atoms with van der Waals surface area (Å²) in [4.78, 5) is 0. The SMILES string of the molecule is Cc1cc(C)c(CC2CCNC2)cc1C. The monoisotopic (exact) mass is 203 g/mol. The molecule has 0 radical (unpaired) electrons. The van der Waals surface area contributed by atoms with E-state index in [1.807, 2.05) is 0 Å². The number of hydrogen-bond acceptors (Lipinski definition) is 1. The summed E-state index contributed by atoms with van der Waals surface area (Å²) in [6.45, 7) is 9.06. The van der Waals surface area contributed by atoms with Gasteiger partial charge in [-0.25, -0.2) is 0 Å². The van der Waals surface area contributed by atoms with Crippen LogP contribution in [0.15, 0.2) is 12.1 Å². The van der Waals surface area contributed by atoms with E-state index >= 15 is 0 Å². The van der Waals surface area contributed by atoms with Gasteiger partial charge in [-0.2, -0.15) is 0 Å². The van der Waals surface area contributed by atoms with Crippen molar-refractivity contribution >= 4 is 0 Å². The molecule has 1 N–H and O–H groups in total. The van der Waals surface area contributed by atoms with E-state index in [9.17, 15) is 0 Å². The summed E-state index contributed by atoms with van der Waals surface area (Å²) in [5, 5.41) is 3.44. The maximum atomic E-state index is 3.44. The average Bonchev–Trinajstić information content (AvgIpc) is 2.67. The standard InChI is InChI=1S/C14H21N/c1-10-6-12(3)14(7-11(10)2)8-13-4-5-15-9-13/h6-7,13,15H,4-5,8-9H2,1-3H3. The van der Waals surface area contributed by atoms with Crippen LogP contribution in [0.25, 0.3) is 0 Å². The van der Waals surface area contributed by atoms with Crippen LogP contribution in [0.4, 0.5) is 0 Å². The van der Waals surface area contributed by atoms with Gasteiger partial charge in [-0.3, -0.25) is 0 Å². The Morgan fingerprint density at radius 2 is 1.87 bits per heavy atom. The van der Waals surface area contributed by atoms with Crippen molar-refractivity contribution in [3.63, 3.8) is 0 Å². The van der Waals surface area contributed by atoms with Crippen LogP contribution < -0.4 is 5.32 Å². The van der Waals surface area contributed by atoms with Crippen LogP contribution in [-0.2, 0) is 6.42 Å². The molecule has 1 heteroatoms. The van der Waals surface area contributed by atoms with Gasteiger partial charge in [0.25, 0.3) is 0 Å². The van der Waals surface area contributed by atoms with Gasteiger partial charge in [0.15, 0.2) is 0 Å². The molecule has 82 valence electrons. The van der Waals surface area contributed by atoms with Gasteiger partial charge in [-0.05, 0) is 74.9 Å². The van der Waals surface area contributed by atoms with Crippen molar-refractivity contribution in [1.29, 1.82) is 0 Å². The van der Waals surface area contributed by atoms with Crippen LogP contribution in [0.5, 0.6) is 0 Å². The average molecular weight is 203 g/mol. The van der Waals surface area contributed by atoms with Gasteiger partial charge < -0.3 is 5.32 Å². The molecule has 0 amide bonds. The molecule has 1 saturated heterocycles. The Kier molecular flexibility index (Phi) is 3.11. The van der Waals surface area contributed by atoms with Crippen molar-refractivity contribution in [3.05, 3.63) is 34.4 Å². The highest BCUT2D eigenvalue weighted by Gasteiger charge is 2.15. The third-order valence-corrected chi connectivity index (χ3v) is 3.62. The molecule has 15 heavy (non-hydrogen) atoms. The van der Waals surface area contributed by atoms with Crippen molar-refractivity contribution in [2.75, 3.05) is 13.1 Å². The molecule has 1 atom stereocenters. The Morgan fingerprint density at radius 1 is 1.13 bits per heavy atom. The predicted octanol–water partition coefficient (Wildman–Crippen LogP) is 2.76. The quantitative estimate of drug-likeness (QED) is 0.779. The maximum absolute atomic E-state index is 3.44. The summed E-state index contributed by atoms with van der Waals surface area (Å²) < 4.78 is 0. The van der Waals surface area contributed by atoms with E-state index in [4.69, 9.17) is 0 Å². The molecule has 0 spiro atoms. The molecule has 0 bridgehead atoms. The molecular formula is C14H21N. The van der Waals surface area contributed by atoms with E-state index in [2.05, 4.69) is 38.2 Å². The molecule has 1 aliphatic rings. The first kappa shape index (κ1) is 10.7. The molecule has 2 rings (SSSR count). The van der Waals surface area contributed by atoms with E-state index < -0.39 is 0 Å². The first-order chi connectivity index (χ1) is 7.16. The number of benzene rings is 1. The smallest absolute Gasteiger partial charge is 0.00169 e. The second-order valence-corrected chi connectivity index (χ2v) is 4.93. The lowest BCUT2D eigenvalue weighted by Crippen LogP contribution is -2.11. The van der Waals surface area contributed by atoms with Gasteiger partial charge in [0.2, 0.25) is 0 Å². The minimum Gasteiger partial charge on any atom is -0.316 e. The van der Waals surface area contributed by atoms with Crippen LogP contribution in [0.1, 0.15) is 28.7 Å². The van der Waals surface area contributed by atoms with Crippen molar-refractivity contribution in [2.45, 2.75) is 33.6 Å². The highest BCUT2D eigenvalue weighted by atomic mass is 14.9. The molecule has 1 unspecified atom stereocenters. The van der Waals surface area contributed by atoms with E-state index in [0.717, 1.165) is 5.92 Å². The third-order valence-electron chi connectivity index (χ3n) is 3.62. The summed E-state index contributed by atoms with van der Waals surface area (Å²) in [5.41, 5.74) is 5.86. The van der Waals surface area contributed by atoms with Crippen LogP contribution >= 0.6 is 0 Å². The summed E-state index contributed by atoms with van der Waals surface area (Å²) in [7, 11) is 0. The third kappa shape index (κ3) is 2.40. The molecule has 1 aliphatic heterocycles. The molecule has 1 nitrogen and oxygen atoms in total.